The first kappa shape index (κ1) is 14.2. The lowest BCUT2D eigenvalue weighted by Gasteiger charge is -2.04. The Bertz CT molecular complexity index is 678. The van der Waals surface area contributed by atoms with Crippen molar-refractivity contribution in [1.29, 1.82) is 0 Å². The van der Waals surface area contributed by atoms with E-state index in [-0.39, 0.29) is 16.6 Å². The number of hydrogen-bond donors (Lipinski definition) is 2. The van der Waals surface area contributed by atoms with E-state index in [2.05, 4.69) is 10.5 Å². The van der Waals surface area contributed by atoms with E-state index in [4.69, 9.17) is 9.66 Å². The zero-order valence-corrected chi connectivity index (χ0v) is 11.3. The Labute approximate surface area is 115 Å². The molecule has 106 valence electrons. The van der Waals surface area contributed by atoms with Crippen molar-refractivity contribution in [3.63, 3.8) is 0 Å². The van der Waals surface area contributed by atoms with Crippen LogP contribution in [0.2, 0.25) is 0 Å². The number of nitrogens with zero attached hydrogens (tertiary/aromatic N) is 1. The van der Waals surface area contributed by atoms with Crippen molar-refractivity contribution in [2.75, 3.05) is 6.54 Å². The summed E-state index contributed by atoms with van der Waals surface area (Å²) in [7, 11) is -3.67. The number of amides is 1. The summed E-state index contributed by atoms with van der Waals surface area (Å²) in [5.74, 6) is -0.196. The van der Waals surface area contributed by atoms with Crippen LogP contribution in [0.1, 0.15) is 16.1 Å². The van der Waals surface area contributed by atoms with Gasteiger partial charge in [-0.3, -0.25) is 4.79 Å². The maximum atomic E-state index is 11.5. The summed E-state index contributed by atoms with van der Waals surface area (Å²) in [5, 5.41) is 11.1. The second-order valence-corrected chi connectivity index (χ2v) is 5.63. The standard InChI is InChI=1S/C12H13N3O4S/c13-20(17,18)10-3-1-9(2-4-10)5-7-14-12(16)11-6-8-15-19-11/h1-4,6,8H,5,7H2,(H,14,16)(H2,13,17,18). The normalized spacial score (nSPS) is 11.2. The molecule has 0 saturated heterocycles. The van der Waals surface area contributed by atoms with Crippen molar-refractivity contribution in [2.24, 2.45) is 5.14 Å². The van der Waals surface area contributed by atoms with Crippen molar-refractivity contribution in [3.8, 4) is 0 Å². The van der Waals surface area contributed by atoms with Gasteiger partial charge in [-0.25, -0.2) is 13.6 Å². The zero-order valence-electron chi connectivity index (χ0n) is 10.4. The van der Waals surface area contributed by atoms with E-state index in [1.54, 1.807) is 12.1 Å². The van der Waals surface area contributed by atoms with Gasteiger partial charge in [-0.15, -0.1) is 0 Å². The van der Waals surface area contributed by atoms with Crippen molar-refractivity contribution in [3.05, 3.63) is 47.9 Å². The Kier molecular flexibility index (Phi) is 4.16. The van der Waals surface area contributed by atoms with Gasteiger partial charge in [0.05, 0.1) is 11.1 Å². The molecule has 0 aliphatic carbocycles. The molecule has 0 bridgehead atoms. The second-order valence-electron chi connectivity index (χ2n) is 4.07. The highest BCUT2D eigenvalue weighted by Gasteiger charge is 2.09. The fraction of sp³-hybridized carbons (Fsp3) is 0.167. The van der Waals surface area contributed by atoms with Crippen LogP contribution < -0.4 is 10.5 Å². The molecule has 2 rings (SSSR count). The van der Waals surface area contributed by atoms with Crippen molar-refractivity contribution < 1.29 is 17.7 Å². The van der Waals surface area contributed by atoms with Crippen molar-refractivity contribution in [1.82, 2.24) is 10.5 Å². The van der Waals surface area contributed by atoms with Crippen LogP contribution in [0, 0.1) is 0 Å². The number of sulfonamides is 1. The second kappa shape index (κ2) is 5.85. The molecule has 2 aromatic rings. The van der Waals surface area contributed by atoms with Crippen molar-refractivity contribution in [2.45, 2.75) is 11.3 Å². The van der Waals surface area contributed by atoms with Crippen LogP contribution in [-0.4, -0.2) is 26.0 Å². The van der Waals surface area contributed by atoms with E-state index in [1.165, 1.54) is 24.4 Å². The largest absolute Gasteiger partial charge is 0.351 e. The monoisotopic (exact) mass is 295 g/mol. The molecule has 7 nitrogen and oxygen atoms in total. The first-order valence-corrected chi connectivity index (χ1v) is 7.32. The maximum Gasteiger partial charge on any atom is 0.289 e. The lowest BCUT2D eigenvalue weighted by Crippen LogP contribution is -2.25. The number of carbonyl (C=O) groups is 1. The average molecular weight is 295 g/mol. The van der Waals surface area contributed by atoms with Crippen LogP contribution in [0.4, 0.5) is 0 Å². The van der Waals surface area contributed by atoms with E-state index >= 15 is 0 Å². The third-order valence-corrected chi connectivity index (χ3v) is 3.54. The van der Waals surface area contributed by atoms with Crippen LogP contribution in [0.3, 0.4) is 0 Å². The lowest BCUT2D eigenvalue weighted by molar-refractivity contribution is 0.0917. The van der Waals surface area contributed by atoms with Crippen LogP contribution in [0.15, 0.2) is 45.9 Å². The molecule has 0 fully saturated rings. The number of carbonyl (C=O) groups excluding carboxylic acids is 1. The molecule has 0 atom stereocenters. The van der Waals surface area contributed by atoms with Gasteiger partial charge in [0, 0.05) is 12.6 Å². The number of nitrogens with two attached hydrogens (primary N) is 1. The topological polar surface area (TPSA) is 115 Å². The van der Waals surface area contributed by atoms with E-state index in [0.717, 1.165) is 5.56 Å². The Morgan fingerprint density at radius 1 is 1.25 bits per heavy atom. The number of nitrogens with one attached hydrogen (secondary N) is 1. The number of benzene rings is 1. The summed E-state index contributed by atoms with van der Waals surface area (Å²) in [6.07, 6.45) is 1.95. The third-order valence-electron chi connectivity index (χ3n) is 2.61. The molecule has 3 N–H and O–H groups in total. The summed E-state index contributed by atoms with van der Waals surface area (Å²) >= 11 is 0. The molecule has 0 saturated carbocycles. The van der Waals surface area contributed by atoms with Gasteiger partial charge in [-0.2, -0.15) is 0 Å². The van der Waals surface area contributed by atoms with Gasteiger partial charge in [0.1, 0.15) is 0 Å². The van der Waals surface area contributed by atoms with Gasteiger partial charge in [0.15, 0.2) is 0 Å². The van der Waals surface area contributed by atoms with E-state index in [9.17, 15) is 13.2 Å². The quantitative estimate of drug-likeness (QED) is 0.822. The zero-order chi connectivity index (χ0) is 14.6. The predicted molar refractivity (Wildman–Crippen MR) is 70.4 cm³/mol. The molecular formula is C12H13N3O4S. The van der Waals surface area contributed by atoms with Gasteiger partial charge < -0.3 is 9.84 Å². The molecule has 0 spiro atoms. The fourth-order valence-corrected chi connectivity index (χ4v) is 2.10. The third kappa shape index (κ3) is 3.65. The van der Waals surface area contributed by atoms with E-state index in [0.29, 0.717) is 13.0 Å². The van der Waals surface area contributed by atoms with Crippen LogP contribution in [0.5, 0.6) is 0 Å². The highest BCUT2D eigenvalue weighted by atomic mass is 32.2. The minimum atomic E-state index is -3.67. The van der Waals surface area contributed by atoms with Crippen LogP contribution >= 0.6 is 0 Å². The van der Waals surface area contributed by atoms with E-state index < -0.39 is 10.0 Å². The highest BCUT2D eigenvalue weighted by molar-refractivity contribution is 7.89. The average Bonchev–Trinajstić information content (AvgIpc) is 2.92. The number of hydrogen-bond acceptors (Lipinski definition) is 5. The van der Waals surface area contributed by atoms with Crippen LogP contribution in [0.25, 0.3) is 0 Å². The molecule has 1 heterocycles. The fourth-order valence-electron chi connectivity index (χ4n) is 1.59. The molecule has 20 heavy (non-hydrogen) atoms. The smallest absolute Gasteiger partial charge is 0.289 e. The Morgan fingerprint density at radius 3 is 2.50 bits per heavy atom. The SMILES string of the molecule is NS(=O)(=O)c1ccc(CCNC(=O)c2ccno2)cc1. The minimum Gasteiger partial charge on any atom is -0.351 e. The number of aromatic nitrogens is 1. The molecular weight excluding hydrogens is 282 g/mol. The predicted octanol–water partition coefficient (Wildman–Crippen LogP) is 0.294. The Balaban J connectivity index is 1.87. The molecule has 0 unspecified atom stereocenters. The summed E-state index contributed by atoms with van der Waals surface area (Å²) < 4.78 is 26.9. The number of primary sulfonamides is 1. The van der Waals surface area contributed by atoms with Gasteiger partial charge in [-0.1, -0.05) is 17.3 Å². The number of rotatable bonds is 5. The first-order chi connectivity index (χ1) is 9.47. The molecule has 1 amide bonds. The molecule has 0 aliphatic rings. The molecule has 1 aromatic carbocycles. The molecule has 1 aromatic heterocycles. The summed E-state index contributed by atoms with van der Waals surface area (Å²) in [5.41, 5.74) is 0.885. The van der Waals surface area contributed by atoms with Gasteiger partial charge in [0.25, 0.3) is 5.91 Å². The maximum absolute atomic E-state index is 11.5. The van der Waals surface area contributed by atoms with Gasteiger partial charge >= 0.3 is 0 Å². The molecule has 0 radical (unpaired) electrons. The Hall–Kier alpha value is -2.19. The van der Waals surface area contributed by atoms with Gasteiger partial charge in [-0.05, 0) is 24.1 Å². The summed E-state index contributed by atoms with van der Waals surface area (Å²) in [6, 6.07) is 7.64. The first-order valence-electron chi connectivity index (χ1n) is 5.77. The highest BCUT2D eigenvalue weighted by Crippen LogP contribution is 2.09. The summed E-state index contributed by atoms with van der Waals surface area (Å²) in [4.78, 5) is 11.6. The van der Waals surface area contributed by atoms with Crippen LogP contribution in [-0.2, 0) is 16.4 Å². The summed E-state index contributed by atoms with van der Waals surface area (Å²) in [6.45, 7) is 0.397. The lowest BCUT2D eigenvalue weighted by atomic mass is 10.1. The van der Waals surface area contributed by atoms with Gasteiger partial charge in [0.2, 0.25) is 15.8 Å². The van der Waals surface area contributed by atoms with E-state index in [1.807, 2.05) is 0 Å². The minimum absolute atomic E-state index is 0.0620. The molecule has 8 heteroatoms. The molecule has 0 aliphatic heterocycles. The van der Waals surface area contributed by atoms with Crippen molar-refractivity contribution >= 4 is 15.9 Å². The Morgan fingerprint density at radius 2 is 1.95 bits per heavy atom.